The summed E-state index contributed by atoms with van der Waals surface area (Å²) in [7, 11) is 0. The minimum Gasteiger partial charge on any atom is -0.444 e. The normalized spacial score (nSPS) is 11.0. The van der Waals surface area contributed by atoms with Gasteiger partial charge in [-0.15, -0.1) is 0 Å². The third-order valence-electron chi connectivity index (χ3n) is 2.57. The molecule has 0 spiro atoms. The molecule has 0 saturated heterocycles. The Balaban J connectivity index is 2.09. The quantitative estimate of drug-likeness (QED) is 0.900. The highest BCUT2D eigenvalue weighted by Gasteiger charge is 2.18. The molecule has 23 heavy (non-hydrogen) atoms. The Morgan fingerprint density at radius 2 is 1.96 bits per heavy atom. The van der Waals surface area contributed by atoms with Gasteiger partial charge in [0.1, 0.15) is 17.7 Å². The zero-order valence-electron chi connectivity index (χ0n) is 13.1. The first-order valence-corrected chi connectivity index (χ1v) is 6.97. The van der Waals surface area contributed by atoms with Crippen LogP contribution < -0.4 is 10.6 Å². The highest BCUT2D eigenvalue weighted by Crippen LogP contribution is 2.21. The van der Waals surface area contributed by atoms with Gasteiger partial charge in [-0.1, -0.05) is 0 Å². The molecule has 2 aromatic rings. The van der Waals surface area contributed by atoms with Gasteiger partial charge in [0, 0.05) is 30.6 Å². The maximum Gasteiger partial charge on any atom is 0.413 e. The van der Waals surface area contributed by atoms with Crippen LogP contribution in [0.3, 0.4) is 0 Å². The summed E-state index contributed by atoms with van der Waals surface area (Å²) < 4.78 is 18.6. The maximum atomic E-state index is 13.4. The number of aromatic nitrogens is 3. The van der Waals surface area contributed by atoms with Crippen LogP contribution in [-0.2, 0) is 11.3 Å². The third kappa shape index (κ3) is 5.50. The molecule has 0 aliphatic carbocycles. The van der Waals surface area contributed by atoms with Gasteiger partial charge in [-0.25, -0.2) is 24.1 Å². The van der Waals surface area contributed by atoms with E-state index in [0.29, 0.717) is 12.2 Å². The van der Waals surface area contributed by atoms with Crippen molar-refractivity contribution in [2.45, 2.75) is 32.9 Å². The van der Waals surface area contributed by atoms with Gasteiger partial charge in [0.25, 0.3) is 0 Å². The van der Waals surface area contributed by atoms with Gasteiger partial charge in [-0.05, 0) is 20.8 Å². The summed E-state index contributed by atoms with van der Waals surface area (Å²) in [6.07, 6.45) is 5.04. The van der Waals surface area contributed by atoms with Crippen LogP contribution in [0.5, 0.6) is 0 Å². The van der Waals surface area contributed by atoms with Crippen LogP contribution in [0.1, 0.15) is 26.3 Å². The van der Waals surface area contributed by atoms with Crippen molar-refractivity contribution in [1.29, 1.82) is 0 Å². The Bertz CT molecular complexity index is 673. The van der Waals surface area contributed by atoms with E-state index in [4.69, 9.17) is 4.74 Å². The van der Waals surface area contributed by atoms with Crippen molar-refractivity contribution in [2.24, 2.45) is 0 Å². The summed E-state index contributed by atoms with van der Waals surface area (Å²) >= 11 is 0. The van der Waals surface area contributed by atoms with E-state index in [2.05, 4.69) is 25.6 Å². The summed E-state index contributed by atoms with van der Waals surface area (Å²) in [5.74, 6) is -0.343. The van der Waals surface area contributed by atoms with Crippen molar-refractivity contribution in [3.05, 3.63) is 42.4 Å². The van der Waals surface area contributed by atoms with Crippen molar-refractivity contribution < 1.29 is 13.9 Å². The number of carbonyl (C=O) groups excluding carboxylic acids is 1. The number of pyridine rings is 1. The second-order valence-corrected chi connectivity index (χ2v) is 5.78. The fraction of sp³-hybridized carbons (Fsp3) is 0.333. The molecule has 0 radical (unpaired) electrons. The zero-order chi connectivity index (χ0) is 16.9. The molecule has 0 unspecified atom stereocenters. The molecule has 2 rings (SSSR count). The smallest absolute Gasteiger partial charge is 0.413 e. The Morgan fingerprint density at radius 1 is 1.26 bits per heavy atom. The average molecular weight is 319 g/mol. The predicted molar refractivity (Wildman–Crippen MR) is 83.4 cm³/mol. The summed E-state index contributed by atoms with van der Waals surface area (Å²) in [5, 5.41) is 5.48. The largest absolute Gasteiger partial charge is 0.444 e. The second-order valence-electron chi connectivity index (χ2n) is 5.78. The number of rotatable bonds is 4. The first-order chi connectivity index (χ1) is 10.8. The predicted octanol–water partition coefficient (Wildman–Crippen LogP) is 2.97. The first-order valence-electron chi connectivity index (χ1n) is 6.97. The molecular weight excluding hydrogens is 301 g/mol. The lowest BCUT2D eigenvalue weighted by Gasteiger charge is -2.20. The number of nitrogens with zero attached hydrogens (tertiary/aromatic N) is 3. The lowest BCUT2D eigenvalue weighted by molar-refractivity contribution is 0.0635. The Kier molecular flexibility index (Phi) is 5.05. The molecular formula is C15H18FN5O2. The Hall–Kier alpha value is -2.77. The van der Waals surface area contributed by atoms with Gasteiger partial charge in [0.15, 0.2) is 5.82 Å². The number of carbonyl (C=O) groups is 1. The zero-order valence-corrected chi connectivity index (χ0v) is 13.1. The number of hydrogen-bond donors (Lipinski definition) is 2. The van der Waals surface area contributed by atoms with Crippen molar-refractivity contribution in [3.63, 3.8) is 0 Å². The van der Waals surface area contributed by atoms with Crippen LogP contribution in [0.4, 0.5) is 20.7 Å². The average Bonchev–Trinajstić information content (AvgIpc) is 2.46. The summed E-state index contributed by atoms with van der Waals surface area (Å²) in [5.41, 5.74) is 0.499. The molecule has 0 aliphatic heterocycles. The molecule has 122 valence electrons. The Labute approximate surface area is 133 Å². The van der Waals surface area contributed by atoms with Crippen LogP contribution in [0.15, 0.2) is 31.0 Å². The monoisotopic (exact) mass is 319 g/mol. The molecule has 0 aliphatic rings. The van der Waals surface area contributed by atoms with E-state index in [1.165, 1.54) is 12.4 Å². The van der Waals surface area contributed by atoms with Gasteiger partial charge < -0.3 is 10.1 Å². The number of nitrogens with one attached hydrogen (secondary N) is 2. The lowest BCUT2D eigenvalue weighted by Crippen LogP contribution is -2.27. The van der Waals surface area contributed by atoms with Crippen molar-refractivity contribution in [2.75, 3.05) is 10.6 Å². The van der Waals surface area contributed by atoms with Gasteiger partial charge in [-0.2, -0.15) is 0 Å². The van der Waals surface area contributed by atoms with E-state index < -0.39 is 17.5 Å². The number of ether oxygens (including phenoxy) is 1. The van der Waals surface area contributed by atoms with Crippen molar-refractivity contribution in [3.8, 4) is 0 Å². The topological polar surface area (TPSA) is 89.0 Å². The molecule has 2 aromatic heterocycles. The van der Waals surface area contributed by atoms with Crippen LogP contribution in [0.25, 0.3) is 0 Å². The van der Waals surface area contributed by atoms with Gasteiger partial charge in [0.2, 0.25) is 0 Å². The standard InChI is InChI=1S/C15H18FN5O2/c1-15(2,3)23-14(22)21-13-12(4-11(16)8-20-13)19-7-10-5-17-9-18-6-10/h4-6,8-9,19H,7H2,1-3H3,(H,20,21,22). The van der Waals surface area contributed by atoms with E-state index in [1.807, 2.05) is 0 Å². The summed E-state index contributed by atoms with van der Waals surface area (Å²) in [4.78, 5) is 23.5. The minimum absolute atomic E-state index is 0.178. The first kappa shape index (κ1) is 16.6. The van der Waals surface area contributed by atoms with Crippen LogP contribution in [0.2, 0.25) is 0 Å². The molecule has 7 nitrogen and oxygen atoms in total. The van der Waals surface area contributed by atoms with Crippen LogP contribution in [0, 0.1) is 5.82 Å². The van der Waals surface area contributed by atoms with E-state index in [0.717, 1.165) is 11.8 Å². The SMILES string of the molecule is CC(C)(C)OC(=O)Nc1ncc(F)cc1NCc1cncnc1. The van der Waals surface area contributed by atoms with Crippen molar-refractivity contribution in [1.82, 2.24) is 15.0 Å². The Morgan fingerprint density at radius 3 is 2.61 bits per heavy atom. The van der Waals surface area contributed by atoms with Gasteiger partial charge in [0.05, 0.1) is 11.9 Å². The molecule has 0 atom stereocenters. The third-order valence-corrected chi connectivity index (χ3v) is 2.57. The highest BCUT2D eigenvalue weighted by molar-refractivity contribution is 5.87. The molecule has 8 heteroatoms. The molecule has 2 heterocycles. The van der Waals surface area contributed by atoms with E-state index in [-0.39, 0.29) is 5.82 Å². The van der Waals surface area contributed by atoms with Crippen LogP contribution >= 0.6 is 0 Å². The molecule has 2 N–H and O–H groups in total. The number of halogens is 1. The summed E-state index contributed by atoms with van der Waals surface area (Å²) in [6.45, 7) is 5.60. The number of amides is 1. The number of anilines is 2. The maximum absolute atomic E-state index is 13.4. The minimum atomic E-state index is -0.664. The van der Waals surface area contributed by atoms with E-state index >= 15 is 0 Å². The summed E-state index contributed by atoms with van der Waals surface area (Å²) in [6, 6.07) is 1.24. The van der Waals surface area contributed by atoms with Crippen LogP contribution in [-0.4, -0.2) is 26.6 Å². The second kappa shape index (κ2) is 6.99. The number of hydrogen-bond acceptors (Lipinski definition) is 6. The van der Waals surface area contributed by atoms with Crippen molar-refractivity contribution >= 4 is 17.6 Å². The fourth-order valence-corrected chi connectivity index (χ4v) is 1.69. The van der Waals surface area contributed by atoms with Gasteiger partial charge >= 0.3 is 6.09 Å². The lowest BCUT2D eigenvalue weighted by atomic mass is 10.2. The van der Waals surface area contributed by atoms with E-state index in [1.54, 1.807) is 33.2 Å². The molecule has 0 bridgehead atoms. The molecule has 1 amide bonds. The van der Waals surface area contributed by atoms with E-state index in [9.17, 15) is 9.18 Å². The molecule has 0 aromatic carbocycles. The molecule has 0 saturated carbocycles. The highest BCUT2D eigenvalue weighted by atomic mass is 19.1. The van der Waals surface area contributed by atoms with Gasteiger partial charge in [-0.3, -0.25) is 5.32 Å². The molecule has 0 fully saturated rings. The fourth-order valence-electron chi connectivity index (χ4n) is 1.69.